The highest BCUT2D eigenvalue weighted by Crippen LogP contribution is 2.28. The molecule has 0 bridgehead atoms. The number of nitrogen functional groups attached to an aromatic ring is 1. The van der Waals surface area contributed by atoms with Gasteiger partial charge in [0, 0.05) is 6.20 Å². The molecule has 8 heteroatoms. The van der Waals surface area contributed by atoms with Crippen LogP contribution in [-0.2, 0) is 6.18 Å². The summed E-state index contributed by atoms with van der Waals surface area (Å²) in [5.41, 5.74) is 4.50. The fraction of sp³-hybridized carbons (Fsp3) is 0.111. The van der Waals surface area contributed by atoms with Gasteiger partial charge < -0.3 is 5.73 Å². The molecule has 0 unspecified atom stereocenters. The van der Waals surface area contributed by atoms with E-state index in [-0.39, 0.29) is 11.6 Å². The zero-order valence-corrected chi connectivity index (χ0v) is 9.83. The summed E-state index contributed by atoms with van der Waals surface area (Å²) < 4.78 is 39.0. The van der Waals surface area contributed by atoms with Crippen molar-refractivity contribution in [1.82, 2.24) is 14.8 Å². The van der Waals surface area contributed by atoms with Gasteiger partial charge in [0.25, 0.3) is 0 Å². The molecule has 2 N–H and O–H groups in total. The van der Waals surface area contributed by atoms with Crippen LogP contribution in [0.2, 0.25) is 0 Å². The van der Waals surface area contributed by atoms with E-state index < -0.39 is 11.9 Å². The summed E-state index contributed by atoms with van der Waals surface area (Å²) in [5, 5.41) is 3.82. The predicted octanol–water partition coefficient (Wildman–Crippen LogP) is 2.63. The number of hydrogen-bond acceptors (Lipinski definition) is 3. The number of halogens is 4. The monoisotopic (exact) mass is 306 g/mol. The number of pyridine rings is 1. The van der Waals surface area contributed by atoms with Crippen molar-refractivity contribution in [3.63, 3.8) is 0 Å². The standard InChI is InChI=1S/C9H6BrF3N4/c10-5-4-17(16-8(5)14)7-3-1-2-6(15-7)9(11,12)13/h1-4H,(H2,14,16). The molecule has 0 atom stereocenters. The topological polar surface area (TPSA) is 56.7 Å². The van der Waals surface area contributed by atoms with Gasteiger partial charge in [0.1, 0.15) is 5.69 Å². The Bertz CT molecular complexity index is 530. The molecule has 2 aromatic heterocycles. The second-order valence-electron chi connectivity index (χ2n) is 3.19. The number of aromatic nitrogens is 3. The molecule has 0 spiro atoms. The SMILES string of the molecule is Nc1nn(-c2cccc(C(F)(F)F)n2)cc1Br. The van der Waals surface area contributed by atoms with E-state index in [0.717, 1.165) is 6.07 Å². The maximum Gasteiger partial charge on any atom is 0.433 e. The van der Waals surface area contributed by atoms with E-state index in [1.807, 2.05) is 0 Å². The molecule has 17 heavy (non-hydrogen) atoms. The van der Waals surface area contributed by atoms with Gasteiger partial charge in [0.2, 0.25) is 0 Å². The summed E-state index contributed by atoms with van der Waals surface area (Å²) in [7, 11) is 0. The van der Waals surface area contributed by atoms with Gasteiger partial charge in [-0.1, -0.05) is 6.07 Å². The van der Waals surface area contributed by atoms with Gasteiger partial charge in [0.15, 0.2) is 11.6 Å². The maximum atomic E-state index is 12.4. The minimum Gasteiger partial charge on any atom is -0.381 e. The molecule has 0 saturated carbocycles. The van der Waals surface area contributed by atoms with Crippen LogP contribution in [0.1, 0.15) is 5.69 Å². The fourth-order valence-corrected chi connectivity index (χ4v) is 1.47. The van der Waals surface area contributed by atoms with E-state index in [2.05, 4.69) is 26.0 Å². The smallest absolute Gasteiger partial charge is 0.381 e. The Labute approximate surface area is 102 Å². The van der Waals surface area contributed by atoms with Gasteiger partial charge in [-0.2, -0.15) is 13.2 Å². The first-order valence-corrected chi connectivity index (χ1v) is 5.22. The maximum absolute atomic E-state index is 12.4. The number of nitrogens with two attached hydrogens (primary N) is 1. The van der Waals surface area contributed by atoms with E-state index in [0.29, 0.717) is 4.47 Å². The molecule has 2 aromatic rings. The molecule has 0 aliphatic carbocycles. The van der Waals surface area contributed by atoms with Crippen LogP contribution in [0.4, 0.5) is 19.0 Å². The fourth-order valence-electron chi connectivity index (χ4n) is 1.19. The van der Waals surface area contributed by atoms with Crippen molar-refractivity contribution in [2.45, 2.75) is 6.18 Å². The lowest BCUT2D eigenvalue weighted by Crippen LogP contribution is -2.10. The highest BCUT2D eigenvalue weighted by Gasteiger charge is 2.32. The normalized spacial score (nSPS) is 11.8. The number of hydrogen-bond donors (Lipinski definition) is 1. The first-order chi connectivity index (χ1) is 7.88. The number of alkyl halides is 3. The highest BCUT2D eigenvalue weighted by atomic mass is 79.9. The van der Waals surface area contributed by atoms with Gasteiger partial charge in [0.05, 0.1) is 4.47 Å². The second kappa shape index (κ2) is 4.02. The molecule has 2 rings (SSSR count). The van der Waals surface area contributed by atoms with Gasteiger partial charge in [-0.3, -0.25) is 0 Å². The van der Waals surface area contributed by atoms with E-state index in [1.165, 1.54) is 23.0 Å². The van der Waals surface area contributed by atoms with Crippen LogP contribution in [0.25, 0.3) is 5.82 Å². The van der Waals surface area contributed by atoms with E-state index >= 15 is 0 Å². The Balaban J connectivity index is 2.47. The minimum atomic E-state index is -4.48. The Kier molecular flexibility index (Phi) is 2.82. The molecule has 2 heterocycles. The summed E-state index contributed by atoms with van der Waals surface area (Å²) in [5.74, 6) is 0.237. The van der Waals surface area contributed by atoms with Crippen LogP contribution in [0.3, 0.4) is 0 Å². The van der Waals surface area contributed by atoms with Crippen molar-refractivity contribution in [1.29, 1.82) is 0 Å². The third-order valence-electron chi connectivity index (χ3n) is 1.96. The molecular weight excluding hydrogens is 301 g/mol. The van der Waals surface area contributed by atoms with E-state index in [4.69, 9.17) is 5.73 Å². The van der Waals surface area contributed by atoms with E-state index in [9.17, 15) is 13.2 Å². The molecule has 0 saturated heterocycles. The van der Waals surface area contributed by atoms with Crippen molar-refractivity contribution < 1.29 is 13.2 Å². The Morgan fingerprint density at radius 1 is 1.29 bits per heavy atom. The highest BCUT2D eigenvalue weighted by molar-refractivity contribution is 9.10. The average molecular weight is 307 g/mol. The molecule has 0 amide bonds. The number of nitrogens with zero attached hydrogens (tertiary/aromatic N) is 3. The van der Waals surface area contributed by atoms with Crippen LogP contribution < -0.4 is 5.73 Å². The molecule has 0 aromatic carbocycles. The van der Waals surface area contributed by atoms with Crippen LogP contribution in [0.15, 0.2) is 28.9 Å². The molecule has 4 nitrogen and oxygen atoms in total. The first-order valence-electron chi connectivity index (χ1n) is 4.43. The third kappa shape index (κ3) is 2.41. The van der Waals surface area contributed by atoms with E-state index in [1.54, 1.807) is 0 Å². The quantitative estimate of drug-likeness (QED) is 0.881. The lowest BCUT2D eigenvalue weighted by molar-refractivity contribution is -0.141. The zero-order valence-electron chi connectivity index (χ0n) is 8.24. The minimum absolute atomic E-state index is 0.0530. The van der Waals surface area contributed by atoms with Gasteiger partial charge >= 0.3 is 6.18 Å². The lowest BCUT2D eigenvalue weighted by Gasteiger charge is -2.07. The number of rotatable bonds is 1. The van der Waals surface area contributed by atoms with Gasteiger partial charge in [-0.15, -0.1) is 5.10 Å². The molecule has 90 valence electrons. The molecular formula is C9H6BrF3N4. The molecule has 0 aliphatic heterocycles. The van der Waals surface area contributed by atoms with Gasteiger partial charge in [-0.05, 0) is 28.1 Å². The van der Waals surface area contributed by atoms with Crippen molar-refractivity contribution in [3.05, 3.63) is 34.6 Å². The molecule has 0 fully saturated rings. The summed E-state index contributed by atoms with van der Waals surface area (Å²) >= 11 is 3.11. The Morgan fingerprint density at radius 3 is 2.53 bits per heavy atom. The van der Waals surface area contributed by atoms with Crippen LogP contribution in [-0.4, -0.2) is 14.8 Å². The van der Waals surface area contributed by atoms with Crippen LogP contribution in [0, 0.1) is 0 Å². The number of anilines is 1. The summed E-state index contributed by atoms with van der Waals surface area (Å²) in [6.07, 6.45) is -3.04. The third-order valence-corrected chi connectivity index (χ3v) is 2.57. The average Bonchev–Trinajstić information content (AvgIpc) is 2.58. The van der Waals surface area contributed by atoms with Crippen molar-refractivity contribution >= 4 is 21.7 Å². The first kappa shape index (κ1) is 11.9. The largest absolute Gasteiger partial charge is 0.433 e. The van der Waals surface area contributed by atoms with Crippen molar-refractivity contribution in [2.75, 3.05) is 5.73 Å². The van der Waals surface area contributed by atoms with Crippen LogP contribution >= 0.6 is 15.9 Å². The summed E-state index contributed by atoms with van der Waals surface area (Å²) in [6, 6.07) is 3.57. The predicted molar refractivity (Wildman–Crippen MR) is 58.5 cm³/mol. The second-order valence-corrected chi connectivity index (χ2v) is 4.04. The molecule has 0 radical (unpaired) electrons. The Morgan fingerprint density at radius 2 is 2.00 bits per heavy atom. The lowest BCUT2D eigenvalue weighted by atomic mass is 10.3. The molecule has 0 aliphatic rings. The zero-order chi connectivity index (χ0) is 12.6. The Hall–Kier alpha value is -1.57. The van der Waals surface area contributed by atoms with Crippen LogP contribution in [0.5, 0.6) is 0 Å². The summed E-state index contributed by atoms with van der Waals surface area (Å²) in [4.78, 5) is 3.47. The van der Waals surface area contributed by atoms with Crippen molar-refractivity contribution in [3.8, 4) is 5.82 Å². The van der Waals surface area contributed by atoms with Crippen molar-refractivity contribution in [2.24, 2.45) is 0 Å². The summed E-state index contributed by atoms with van der Waals surface area (Å²) in [6.45, 7) is 0. The van der Waals surface area contributed by atoms with Gasteiger partial charge in [-0.25, -0.2) is 9.67 Å².